The van der Waals surface area contributed by atoms with Gasteiger partial charge >= 0.3 is 0 Å². The van der Waals surface area contributed by atoms with Crippen molar-refractivity contribution in [3.05, 3.63) is 42.5 Å². The fraction of sp³-hybridized carbons (Fsp3) is 0.579. The van der Waals surface area contributed by atoms with Crippen molar-refractivity contribution in [1.29, 1.82) is 0 Å². The first-order valence-corrected chi connectivity index (χ1v) is 10.4. The van der Waals surface area contributed by atoms with E-state index in [9.17, 15) is 8.42 Å². The Kier molecular flexibility index (Phi) is 5.13. The fourth-order valence-electron chi connectivity index (χ4n) is 4.22. The number of nitrogens with zero attached hydrogens (tertiary/aromatic N) is 2. The monoisotopic (exact) mass is 348 g/mol. The highest BCUT2D eigenvalue weighted by molar-refractivity contribution is 7.89. The van der Waals surface area contributed by atoms with Gasteiger partial charge in [0.1, 0.15) is 0 Å². The van der Waals surface area contributed by atoms with E-state index in [2.05, 4.69) is 18.4 Å². The Morgan fingerprint density at radius 2 is 1.83 bits per heavy atom. The van der Waals surface area contributed by atoms with Crippen LogP contribution in [0, 0.1) is 0 Å². The maximum Gasteiger partial charge on any atom is 0.243 e. The van der Waals surface area contributed by atoms with Crippen LogP contribution in [0.4, 0.5) is 0 Å². The lowest BCUT2D eigenvalue weighted by Crippen LogP contribution is -2.56. The molecular weight excluding hydrogens is 320 g/mol. The number of hydrogen-bond acceptors (Lipinski definition) is 3. The second kappa shape index (κ2) is 6.98. The number of benzene rings is 1. The molecule has 0 radical (unpaired) electrons. The molecule has 132 valence electrons. The number of aryl methyl sites for hydroxylation is 1. The number of likely N-dealkylation sites (tertiary alicyclic amines) is 1. The van der Waals surface area contributed by atoms with E-state index in [1.54, 1.807) is 16.4 Å². The molecule has 3 rings (SSSR count). The summed E-state index contributed by atoms with van der Waals surface area (Å²) in [5, 5.41) is 0. The summed E-state index contributed by atoms with van der Waals surface area (Å²) in [4.78, 5) is 2.85. The molecule has 24 heavy (non-hydrogen) atoms. The minimum Gasteiger partial charge on any atom is -0.293 e. The zero-order valence-electron chi connectivity index (χ0n) is 14.6. The van der Waals surface area contributed by atoms with Crippen LogP contribution in [0.3, 0.4) is 0 Å². The predicted octanol–water partition coefficient (Wildman–Crippen LogP) is 3.05. The minimum absolute atomic E-state index is 0.00285. The molecule has 2 heterocycles. The van der Waals surface area contributed by atoms with E-state index in [0.717, 1.165) is 50.8 Å². The molecule has 0 bridgehead atoms. The Labute approximate surface area is 146 Å². The molecule has 1 unspecified atom stereocenters. The summed E-state index contributed by atoms with van der Waals surface area (Å²) in [6, 6.07) is 7.36. The lowest BCUT2D eigenvalue weighted by Gasteiger charge is -2.45. The van der Waals surface area contributed by atoms with Gasteiger partial charge in [0.05, 0.1) is 4.90 Å². The van der Waals surface area contributed by atoms with Crippen LogP contribution >= 0.6 is 0 Å². The molecule has 1 atom stereocenters. The van der Waals surface area contributed by atoms with Crippen LogP contribution in [0.25, 0.3) is 0 Å². The van der Waals surface area contributed by atoms with Gasteiger partial charge in [-0.2, -0.15) is 4.31 Å². The zero-order chi connectivity index (χ0) is 17.2. The van der Waals surface area contributed by atoms with Crippen molar-refractivity contribution < 1.29 is 8.42 Å². The second-order valence-electron chi connectivity index (χ2n) is 7.00. The number of piperidine rings is 1. The van der Waals surface area contributed by atoms with E-state index in [4.69, 9.17) is 0 Å². The Morgan fingerprint density at radius 3 is 2.46 bits per heavy atom. The van der Waals surface area contributed by atoms with Gasteiger partial charge in [0.2, 0.25) is 10.0 Å². The highest BCUT2D eigenvalue weighted by atomic mass is 32.2. The van der Waals surface area contributed by atoms with Gasteiger partial charge < -0.3 is 0 Å². The summed E-state index contributed by atoms with van der Waals surface area (Å²) in [6.07, 6.45) is 7.10. The molecule has 0 N–H and O–H groups in total. The van der Waals surface area contributed by atoms with Crippen molar-refractivity contribution in [3.63, 3.8) is 0 Å². The third-order valence-electron chi connectivity index (χ3n) is 5.58. The number of sulfonamides is 1. The van der Waals surface area contributed by atoms with E-state index in [1.165, 1.54) is 0 Å². The molecule has 1 aromatic rings. The van der Waals surface area contributed by atoms with Crippen molar-refractivity contribution in [2.24, 2.45) is 0 Å². The summed E-state index contributed by atoms with van der Waals surface area (Å²) in [7, 11) is -3.41. The molecule has 2 aliphatic heterocycles. The third-order valence-corrected chi connectivity index (χ3v) is 7.44. The Balaban J connectivity index is 1.84. The first-order chi connectivity index (χ1) is 11.5. The summed E-state index contributed by atoms with van der Waals surface area (Å²) in [6.45, 7) is 9.07. The second-order valence-corrected chi connectivity index (χ2v) is 8.94. The van der Waals surface area contributed by atoms with E-state index in [0.29, 0.717) is 18.0 Å². The molecule has 0 aromatic heterocycles. The summed E-state index contributed by atoms with van der Waals surface area (Å²) in [5.74, 6) is 0. The van der Waals surface area contributed by atoms with Gasteiger partial charge in [0.25, 0.3) is 0 Å². The van der Waals surface area contributed by atoms with Gasteiger partial charge in [-0.25, -0.2) is 8.42 Å². The average Bonchev–Trinajstić information content (AvgIpc) is 2.97. The van der Waals surface area contributed by atoms with Crippen LogP contribution < -0.4 is 0 Å². The molecule has 2 aliphatic rings. The van der Waals surface area contributed by atoms with Gasteiger partial charge in [-0.05, 0) is 56.3 Å². The Morgan fingerprint density at radius 1 is 1.17 bits per heavy atom. The molecule has 2 fully saturated rings. The molecule has 1 spiro atoms. The van der Waals surface area contributed by atoms with Crippen molar-refractivity contribution >= 4 is 10.0 Å². The van der Waals surface area contributed by atoms with Crippen LogP contribution in [-0.2, 0) is 16.4 Å². The van der Waals surface area contributed by atoms with E-state index < -0.39 is 10.0 Å². The van der Waals surface area contributed by atoms with Gasteiger partial charge in [-0.1, -0.05) is 25.1 Å². The van der Waals surface area contributed by atoms with Crippen molar-refractivity contribution in [3.8, 4) is 0 Å². The van der Waals surface area contributed by atoms with Gasteiger partial charge in [-0.3, -0.25) is 4.90 Å². The molecule has 0 aliphatic carbocycles. The first-order valence-electron chi connectivity index (χ1n) is 8.97. The predicted molar refractivity (Wildman–Crippen MR) is 97.5 cm³/mol. The van der Waals surface area contributed by atoms with Crippen LogP contribution in [0.5, 0.6) is 0 Å². The SMILES string of the molecule is C=CCN1CCCC12CCCN(S(=O)(=O)c1ccc(CC)cc1)C2. The largest absolute Gasteiger partial charge is 0.293 e. The maximum atomic E-state index is 13.1. The Bertz CT molecular complexity index is 684. The zero-order valence-corrected chi connectivity index (χ0v) is 15.4. The molecule has 0 saturated carbocycles. The lowest BCUT2D eigenvalue weighted by atomic mass is 9.87. The van der Waals surface area contributed by atoms with Crippen LogP contribution in [0.1, 0.15) is 38.2 Å². The van der Waals surface area contributed by atoms with Crippen LogP contribution in [-0.4, -0.2) is 49.3 Å². The normalized spacial score (nSPS) is 26.0. The van der Waals surface area contributed by atoms with Crippen molar-refractivity contribution in [2.45, 2.75) is 49.5 Å². The van der Waals surface area contributed by atoms with E-state index >= 15 is 0 Å². The smallest absolute Gasteiger partial charge is 0.243 e. The molecular formula is C19H28N2O2S. The average molecular weight is 349 g/mol. The summed E-state index contributed by atoms with van der Waals surface area (Å²) < 4.78 is 27.9. The topological polar surface area (TPSA) is 40.6 Å². The highest BCUT2D eigenvalue weighted by Gasteiger charge is 2.45. The fourth-order valence-corrected chi connectivity index (χ4v) is 5.78. The minimum atomic E-state index is -3.41. The molecule has 1 aromatic carbocycles. The lowest BCUT2D eigenvalue weighted by molar-refractivity contribution is 0.0841. The standard InChI is InChI=1S/C19H28N2O2S/c1-3-13-20-14-5-11-19(20)12-6-15-21(16-19)24(22,23)18-9-7-17(4-2)8-10-18/h3,7-10H,1,4-6,11-16H2,2H3. The van der Waals surface area contributed by atoms with E-state index in [-0.39, 0.29) is 5.54 Å². The van der Waals surface area contributed by atoms with Gasteiger partial charge in [-0.15, -0.1) is 6.58 Å². The van der Waals surface area contributed by atoms with Crippen molar-refractivity contribution in [2.75, 3.05) is 26.2 Å². The molecule has 5 heteroatoms. The first kappa shape index (κ1) is 17.6. The van der Waals surface area contributed by atoms with E-state index in [1.807, 2.05) is 18.2 Å². The third kappa shape index (κ3) is 3.17. The van der Waals surface area contributed by atoms with Crippen LogP contribution in [0.15, 0.2) is 41.8 Å². The van der Waals surface area contributed by atoms with Crippen LogP contribution in [0.2, 0.25) is 0 Å². The van der Waals surface area contributed by atoms with Crippen molar-refractivity contribution in [1.82, 2.24) is 9.21 Å². The summed E-state index contributed by atoms with van der Waals surface area (Å²) in [5.41, 5.74) is 1.17. The highest BCUT2D eigenvalue weighted by Crippen LogP contribution is 2.38. The Hall–Kier alpha value is -1.17. The number of rotatable bonds is 5. The van der Waals surface area contributed by atoms with Gasteiger partial charge in [0, 0.05) is 25.2 Å². The van der Waals surface area contributed by atoms with Gasteiger partial charge in [0.15, 0.2) is 0 Å². The molecule has 0 amide bonds. The quantitative estimate of drug-likeness (QED) is 0.768. The molecule has 4 nitrogen and oxygen atoms in total. The summed E-state index contributed by atoms with van der Waals surface area (Å²) >= 11 is 0. The molecule has 2 saturated heterocycles. The number of hydrogen-bond donors (Lipinski definition) is 0. The maximum absolute atomic E-state index is 13.1.